The van der Waals surface area contributed by atoms with Crippen LogP contribution in [0.4, 0.5) is 27.2 Å². The van der Waals surface area contributed by atoms with Crippen LogP contribution in [0.25, 0.3) is 10.5 Å². The average Bonchev–Trinajstić information content (AvgIpc) is 3.19. The monoisotopic (exact) mass is 778 g/mol. The molecule has 3 aromatic rings. The van der Waals surface area contributed by atoms with Gasteiger partial charge in [0.1, 0.15) is 5.57 Å². The Labute approximate surface area is 334 Å². The van der Waals surface area contributed by atoms with E-state index in [1.807, 2.05) is 4.90 Å². The normalized spacial score (nSPS) is 11.5. The molecule has 2 heterocycles. The van der Waals surface area contributed by atoms with E-state index in [4.69, 9.17) is 6.57 Å². The van der Waals surface area contributed by atoms with Gasteiger partial charge < -0.3 is 25.5 Å². The number of urea groups is 2. The summed E-state index contributed by atoms with van der Waals surface area (Å²) in [6.07, 6.45) is 8.71. The van der Waals surface area contributed by atoms with E-state index >= 15 is 0 Å². The van der Waals surface area contributed by atoms with Gasteiger partial charge in [0, 0.05) is 55.4 Å². The zero-order valence-electron chi connectivity index (χ0n) is 33.3. The molecule has 302 valence electrons. The minimum absolute atomic E-state index is 0.0383. The number of carbonyl (C=O) groups excluding carboxylic acids is 2. The molecule has 16 heteroatoms. The van der Waals surface area contributed by atoms with Gasteiger partial charge in [-0.25, -0.2) is 14.4 Å². The molecule has 2 unspecified atom stereocenters. The number of nitriles is 2. The lowest BCUT2D eigenvalue weighted by molar-refractivity contribution is 0.251. The predicted octanol–water partition coefficient (Wildman–Crippen LogP) is 7.13. The molecule has 0 fully saturated rings. The zero-order valence-corrected chi connectivity index (χ0v) is 33.3. The van der Waals surface area contributed by atoms with E-state index in [9.17, 15) is 29.7 Å². The van der Waals surface area contributed by atoms with Crippen molar-refractivity contribution in [3.8, 4) is 12.1 Å². The van der Waals surface area contributed by atoms with Crippen LogP contribution in [-0.4, -0.2) is 58.2 Å². The minimum atomic E-state index is -0.514. The number of benzene rings is 1. The maximum absolute atomic E-state index is 12.8. The average molecular weight is 779 g/mol. The SMILES string of the molecule is [C-]#[N+]C(=C(C#N)C#N)c1ccc(N(CCCNC(=O)Nc2nc(=O)cc(C(CC)CCCC)[nH]2)CCCNC(=O)Nc2nc(=O)cc(C(CC)CCCC)[nH]2)cc1. The van der Waals surface area contributed by atoms with Crippen LogP contribution in [0.3, 0.4) is 0 Å². The van der Waals surface area contributed by atoms with Crippen LogP contribution in [0.1, 0.15) is 121 Å². The fraction of sp³-hybridized carbons (Fsp3) is 0.488. The quantitative estimate of drug-likeness (QED) is 0.0346. The molecule has 6 N–H and O–H groups in total. The van der Waals surface area contributed by atoms with Gasteiger partial charge in [-0.05, 0) is 68.1 Å². The first-order valence-electron chi connectivity index (χ1n) is 19.7. The summed E-state index contributed by atoms with van der Waals surface area (Å²) < 4.78 is 0. The first kappa shape index (κ1) is 44.9. The molecule has 57 heavy (non-hydrogen) atoms. The van der Waals surface area contributed by atoms with Crippen LogP contribution in [0.5, 0.6) is 0 Å². The molecule has 2 atom stereocenters. The summed E-state index contributed by atoms with van der Waals surface area (Å²) in [5.41, 5.74) is 1.53. The largest absolute Gasteiger partial charge is 0.371 e. The molecule has 0 radical (unpaired) electrons. The molecule has 0 saturated carbocycles. The van der Waals surface area contributed by atoms with Gasteiger partial charge in [0.2, 0.25) is 17.6 Å². The Morgan fingerprint density at radius 2 is 1.23 bits per heavy atom. The molecule has 0 aliphatic carbocycles. The van der Waals surface area contributed by atoms with Crippen LogP contribution in [0, 0.1) is 29.2 Å². The second-order valence-corrected chi connectivity index (χ2v) is 13.6. The Balaban J connectivity index is 1.65. The maximum atomic E-state index is 12.8. The van der Waals surface area contributed by atoms with Gasteiger partial charge in [0.05, 0.1) is 18.7 Å². The molecular weight excluding hydrogens is 725 g/mol. The number of aromatic amines is 2. The lowest BCUT2D eigenvalue weighted by Gasteiger charge is -2.25. The van der Waals surface area contributed by atoms with E-state index < -0.39 is 23.2 Å². The van der Waals surface area contributed by atoms with Gasteiger partial charge in [0.25, 0.3) is 11.1 Å². The summed E-state index contributed by atoms with van der Waals surface area (Å²) in [5, 5.41) is 29.5. The fourth-order valence-corrected chi connectivity index (χ4v) is 6.41. The predicted molar refractivity (Wildman–Crippen MR) is 222 cm³/mol. The highest BCUT2D eigenvalue weighted by Crippen LogP contribution is 2.26. The molecule has 0 saturated heterocycles. The molecule has 16 nitrogen and oxygen atoms in total. The highest BCUT2D eigenvalue weighted by atomic mass is 16.2. The van der Waals surface area contributed by atoms with Gasteiger partial charge in [-0.3, -0.25) is 20.2 Å². The number of unbranched alkanes of at least 4 members (excludes halogenated alkanes) is 2. The lowest BCUT2D eigenvalue weighted by atomic mass is 9.96. The number of allylic oxidation sites excluding steroid dienone is 1. The zero-order chi connectivity index (χ0) is 41.6. The molecule has 0 aliphatic heterocycles. The molecule has 3 rings (SSSR count). The molecule has 1 aromatic carbocycles. The number of aromatic nitrogens is 4. The van der Waals surface area contributed by atoms with E-state index in [-0.39, 0.29) is 35.0 Å². The Morgan fingerprint density at radius 1 is 0.772 bits per heavy atom. The van der Waals surface area contributed by atoms with Crippen LogP contribution < -0.4 is 37.3 Å². The van der Waals surface area contributed by atoms with Crippen molar-refractivity contribution in [3.63, 3.8) is 0 Å². The summed E-state index contributed by atoms with van der Waals surface area (Å²) in [5.74, 6) is 0.481. The van der Waals surface area contributed by atoms with E-state index in [0.717, 1.165) is 68.4 Å². The van der Waals surface area contributed by atoms with Gasteiger partial charge in [-0.2, -0.15) is 20.5 Å². The Morgan fingerprint density at radius 3 is 1.61 bits per heavy atom. The number of hydrogen-bond acceptors (Lipinski definition) is 9. The third kappa shape index (κ3) is 14.6. The van der Waals surface area contributed by atoms with Gasteiger partial charge in [-0.15, -0.1) is 0 Å². The summed E-state index contributed by atoms with van der Waals surface area (Å²) >= 11 is 0. The first-order valence-corrected chi connectivity index (χ1v) is 19.7. The van der Waals surface area contributed by atoms with E-state index in [2.05, 4.69) is 73.7 Å². The summed E-state index contributed by atoms with van der Waals surface area (Å²) in [7, 11) is 0. The van der Waals surface area contributed by atoms with Crippen LogP contribution >= 0.6 is 0 Å². The fourth-order valence-electron chi connectivity index (χ4n) is 6.41. The Hall–Kier alpha value is -6.47. The summed E-state index contributed by atoms with van der Waals surface area (Å²) in [4.78, 5) is 69.7. The standard InChI is InChI=1S/C41H54N12O4/c1-6-10-14-28(8-3)33-24-35(54)49-38(47-33)51-40(56)45-20-12-22-53(32-18-16-30(17-19-32)37(44-5)31(26-42)27-43)23-13-21-46-41(57)52-39-48-34(25-36(55)50-39)29(9-4)15-11-7-2/h16-19,24-25,28-29H,6-15,20-23H2,1-4H3,(H3,45,47,49,51,54,56)(H3,46,48,50,52,55,57). The van der Waals surface area contributed by atoms with E-state index in [0.29, 0.717) is 44.6 Å². The topological polar surface area (TPSA) is 229 Å². The molecule has 0 aliphatic rings. The molecule has 2 aromatic heterocycles. The third-order valence-electron chi connectivity index (χ3n) is 9.53. The highest BCUT2D eigenvalue weighted by Gasteiger charge is 2.16. The van der Waals surface area contributed by atoms with Gasteiger partial charge in [0.15, 0.2) is 0 Å². The van der Waals surface area contributed by atoms with Crippen LogP contribution in [0.15, 0.2) is 51.6 Å². The molecule has 0 bridgehead atoms. The van der Waals surface area contributed by atoms with Gasteiger partial charge >= 0.3 is 12.1 Å². The van der Waals surface area contributed by atoms with E-state index in [1.165, 1.54) is 12.1 Å². The molecular formula is C41H54N12O4. The third-order valence-corrected chi connectivity index (χ3v) is 9.53. The number of hydrogen-bond donors (Lipinski definition) is 6. The van der Waals surface area contributed by atoms with E-state index in [1.54, 1.807) is 36.4 Å². The van der Waals surface area contributed by atoms with Crippen LogP contribution in [-0.2, 0) is 0 Å². The van der Waals surface area contributed by atoms with Crippen molar-refractivity contribution in [2.24, 2.45) is 0 Å². The first-order chi connectivity index (χ1) is 27.6. The second-order valence-electron chi connectivity index (χ2n) is 13.6. The smallest absolute Gasteiger partial charge is 0.321 e. The van der Waals surface area contributed by atoms with Crippen LogP contribution in [0.2, 0.25) is 0 Å². The maximum Gasteiger partial charge on any atom is 0.321 e. The minimum Gasteiger partial charge on any atom is -0.371 e. The van der Waals surface area contributed by atoms with Crippen molar-refractivity contribution in [1.82, 2.24) is 30.6 Å². The number of H-pyrrole nitrogens is 2. The highest BCUT2D eigenvalue weighted by molar-refractivity contribution is 5.87. The second kappa shape index (κ2) is 24.1. The number of nitrogens with one attached hydrogen (secondary N) is 6. The Kier molecular flexibility index (Phi) is 19.0. The number of carbonyl (C=O) groups is 2. The van der Waals surface area contributed by atoms with Crippen molar-refractivity contribution >= 4 is 35.3 Å². The molecule has 0 spiro atoms. The van der Waals surface area contributed by atoms with Crippen molar-refractivity contribution in [2.75, 3.05) is 41.7 Å². The van der Waals surface area contributed by atoms with Crippen molar-refractivity contribution in [2.45, 2.75) is 104 Å². The number of anilines is 3. The lowest BCUT2D eigenvalue weighted by Crippen LogP contribution is -2.35. The van der Waals surface area contributed by atoms with Gasteiger partial charge in [-0.1, -0.05) is 65.5 Å². The molecule has 4 amide bonds. The van der Waals surface area contributed by atoms with Crippen molar-refractivity contribution in [3.05, 3.63) is 91.0 Å². The number of rotatable bonds is 22. The Bertz CT molecular complexity index is 1940. The summed E-state index contributed by atoms with van der Waals surface area (Å²) in [6, 6.07) is 12.4. The summed E-state index contributed by atoms with van der Waals surface area (Å²) in [6.45, 7) is 17.4. The number of amides is 4. The van der Waals surface area contributed by atoms with Crippen molar-refractivity contribution in [1.29, 1.82) is 10.5 Å². The van der Waals surface area contributed by atoms with Crippen molar-refractivity contribution < 1.29 is 9.59 Å². The number of nitrogens with zero attached hydrogens (tertiary/aromatic N) is 6.